The highest BCUT2D eigenvalue weighted by molar-refractivity contribution is 5.80. The van der Waals surface area contributed by atoms with Crippen molar-refractivity contribution in [1.29, 1.82) is 0 Å². The van der Waals surface area contributed by atoms with Crippen LogP contribution in [-0.2, 0) is 20.9 Å². The van der Waals surface area contributed by atoms with E-state index in [2.05, 4.69) is 0 Å². The monoisotopic (exact) mass is 386 g/mol. The third kappa shape index (κ3) is 6.50. The minimum Gasteiger partial charge on any atom is -0.497 e. The van der Waals surface area contributed by atoms with Gasteiger partial charge in [0.1, 0.15) is 11.5 Å². The smallest absolute Gasteiger partial charge is 0.344 e. The van der Waals surface area contributed by atoms with Crippen LogP contribution in [0.4, 0.5) is 5.69 Å². The van der Waals surface area contributed by atoms with Crippen molar-refractivity contribution in [3.05, 3.63) is 54.1 Å². The molecule has 28 heavy (non-hydrogen) atoms. The fourth-order valence-corrected chi connectivity index (χ4v) is 2.37. The van der Waals surface area contributed by atoms with Gasteiger partial charge in [0.15, 0.2) is 13.2 Å². The second-order valence-electron chi connectivity index (χ2n) is 6.44. The van der Waals surface area contributed by atoms with Gasteiger partial charge in [0.25, 0.3) is 5.91 Å². The Morgan fingerprint density at radius 1 is 0.857 bits per heavy atom. The van der Waals surface area contributed by atoms with Crippen molar-refractivity contribution in [2.24, 2.45) is 0 Å². The summed E-state index contributed by atoms with van der Waals surface area (Å²) in [7, 11) is 7.18. The van der Waals surface area contributed by atoms with Crippen LogP contribution in [-0.4, -0.2) is 58.2 Å². The molecular formula is C21H26N2O5. The molecule has 0 bridgehead atoms. The first-order chi connectivity index (χ1) is 13.4. The molecule has 1 amide bonds. The largest absolute Gasteiger partial charge is 0.497 e. The molecule has 7 heteroatoms. The third-order valence-electron chi connectivity index (χ3n) is 4.07. The van der Waals surface area contributed by atoms with E-state index in [1.54, 1.807) is 38.4 Å². The standard InChI is InChI=1S/C21H26N2O5/c1-22(2)17-7-5-16(6-8-17)13-23(3)20(24)14-28-21(25)15-27-19-11-9-18(26-4)10-12-19/h5-12H,13-15H2,1-4H3. The molecule has 0 spiro atoms. The average Bonchev–Trinajstić information content (AvgIpc) is 2.71. The number of hydrogen-bond acceptors (Lipinski definition) is 6. The maximum atomic E-state index is 12.2. The SMILES string of the molecule is COc1ccc(OCC(=O)OCC(=O)N(C)Cc2ccc(N(C)C)cc2)cc1. The molecule has 7 nitrogen and oxygen atoms in total. The van der Waals surface area contributed by atoms with Crippen LogP contribution in [0, 0.1) is 0 Å². The Hall–Kier alpha value is -3.22. The topological polar surface area (TPSA) is 68.3 Å². The predicted molar refractivity (Wildman–Crippen MR) is 107 cm³/mol. The maximum Gasteiger partial charge on any atom is 0.344 e. The summed E-state index contributed by atoms with van der Waals surface area (Å²) in [6, 6.07) is 14.7. The van der Waals surface area contributed by atoms with E-state index in [1.807, 2.05) is 43.3 Å². The van der Waals surface area contributed by atoms with E-state index in [4.69, 9.17) is 14.2 Å². The van der Waals surface area contributed by atoms with Crippen LogP contribution in [0.25, 0.3) is 0 Å². The van der Waals surface area contributed by atoms with E-state index in [-0.39, 0.29) is 19.1 Å². The van der Waals surface area contributed by atoms with Crippen molar-refractivity contribution in [2.75, 3.05) is 46.4 Å². The lowest BCUT2D eigenvalue weighted by Crippen LogP contribution is -2.31. The maximum absolute atomic E-state index is 12.2. The molecule has 0 atom stereocenters. The lowest BCUT2D eigenvalue weighted by Gasteiger charge is -2.18. The normalized spacial score (nSPS) is 10.1. The summed E-state index contributed by atoms with van der Waals surface area (Å²) < 4.78 is 15.4. The first-order valence-electron chi connectivity index (χ1n) is 8.81. The van der Waals surface area contributed by atoms with E-state index in [1.165, 1.54) is 4.90 Å². The van der Waals surface area contributed by atoms with Gasteiger partial charge in [0.2, 0.25) is 0 Å². The summed E-state index contributed by atoms with van der Waals surface area (Å²) in [5, 5.41) is 0. The minimum absolute atomic E-state index is 0.269. The molecule has 0 radical (unpaired) electrons. The Kier molecular flexibility index (Phi) is 7.68. The van der Waals surface area contributed by atoms with Gasteiger partial charge < -0.3 is 24.0 Å². The number of carbonyl (C=O) groups excluding carboxylic acids is 2. The number of hydrogen-bond donors (Lipinski definition) is 0. The summed E-state index contributed by atoms with van der Waals surface area (Å²) in [6.07, 6.45) is 0. The van der Waals surface area contributed by atoms with Crippen LogP contribution in [0.1, 0.15) is 5.56 Å². The Morgan fingerprint density at radius 3 is 2.04 bits per heavy atom. The van der Waals surface area contributed by atoms with Crippen molar-refractivity contribution < 1.29 is 23.8 Å². The Morgan fingerprint density at radius 2 is 1.46 bits per heavy atom. The summed E-state index contributed by atoms with van der Waals surface area (Å²) >= 11 is 0. The molecule has 2 rings (SSSR count). The van der Waals surface area contributed by atoms with Gasteiger partial charge in [-0.25, -0.2) is 4.79 Å². The summed E-state index contributed by atoms with van der Waals surface area (Å²) in [4.78, 5) is 27.5. The molecule has 150 valence electrons. The lowest BCUT2D eigenvalue weighted by molar-refractivity contribution is -0.153. The van der Waals surface area contributed by atoms with Crippen molar-refractivity contribution in [2.45, 2.75) is 6.54 Å². The average molecular weight is 386 g/mol. The fraction of sp³-hybridized carbons (Fsp3) is 0.333. The molecule has 0 aliphatic heterocycles. The zero-order valence-corrected chi connectivity index (χ0v) is 16.7. The molecule has 0 saturated heterocycles. The molecule has 0 fully saturated rings. The fourth-order valence-electron chi connectivity index (χ4n) is 2.37. The van der Waals surface area contributed by atoms with Crippen molar-refractivity contribution in [1.82, 2.24) is 4.90 Å². The number of methoxy groups -OCH3 is 1. The van der Waals surface area contributed by atoms with E-state index in [0.29, 0.717) is 18.0 Å². The molecule has 0 saturated carbocycles. The molecular weight excluding hydrogens is 360 g/mol. The number of ether oxygens (including phenoxy) is 3. The van der Waals surface area contributed by atoms with Crippen LogP contribution in [0.15, 0.2) is 48.5 Å². The minimum atomic E-state index is -0.604. The van der Waals surface area contributed by atoms with Crippen LogP contribution in [0.2, 0.25) is 0 Å². The molecule has 2 aromatic carbocycles. The van der Waals surface area contributed by atoms with Crippen molar-refractivity contribution in [3.63, 3.8) is 0 Å². The van der Waals surface area contributed by atoms with Crippen LogP contribution in [0.3, 0.4) is 0 Å². The number of carbonyl (C=O) groups is 2. The number of nitrogens with zero attached hydrogens (tertiary/aromatic N) is 2. The highest BCUT2D eigenvalue weighted by atomic mass is 16.6. The summed E-state index contributed by atoms with van der Waals surface area (Å²) in [5.41, 5.74) is 2.08. The van der Waals surface area contributed by atoms with Crippen LogP contribution >= 0.6 is 0 Å². The number of likely N-dealkylation sites (N-methyl/N-ethyl adjacent to an activating group) is 1. The lowest BCUT2D eigenvalue weighted by atomic mass is 10.2. The molecule has 0 aliphatic rings. The number of anilines is 1. The van der Waals surface area contributed by atoms with Gasteiger partial charge in [-0.15, -0.1) is 0 Å². The van der Waals surface area contributed by atoms with Crippen LogP contribution < -0.4 is 14.4 Å². The van der Waals surface area contributed by atoms with Gasteiger partial charge in [-0.1, -0.05) is 12.1 Å². The highest BCUT2D eigenvalue weighted by Gasteiger charge is 2.13. The highest BCUT2D eigenvalue weighted by Crippen LogP contribution is 2.17. The van der Waals surface area contributed by atoms with E-state index < -0.39 is 5.97 Å². The molecule has 2 aromatic rings. The Labute approximate surface area is 165 Å². The number of rotatable bonds is 9. The van der Waals surface area contributed by atoms with Gasteiger partial charge in [-0.3, -0.25) is 4.79 Å². The molecule has 0 aromatic heterocycles. The van der Waals surface area contributed by atoms with Crippen LogP contribution in [0.5, 0.6) is 11.5 Å². The third-order valence-corrected chi connectivity index (χ3v) is 4.07. The Bertz CT molecular complexity index is 772. The molecule has 0 heterocycles. The first kappa shape index (κ1) is 21.1. The quantitative estimate of drug-likeness (QED) is 0.616. The molecule has 0 N–H and O–H groups in total. The zero-order chi connectivity index (χ0) is 20.5. The van der Waals surface area contributed by atoms with Gasteiger partial charge in [-0.2, -0.15) is 0 Å². The van der Waals surface area contributed by atoms with Gasteiger partial charge in [-0.05, 0) is 42.0 Å². The van der Waals surface area contributed by atoms with Gasteiger partial charge in [0.05, 0.1) is 7.11 Å². The molecule has 0 unspecified atom stereocenters. The van der Waals surface area contributed by atoms with E-state index >= 15 is 0 Å². The number of benzene rings is 2. The Balaban J connectivity index is 1.73. The van der Waals surface area contributed by atoms with Crippen molar-refractivity contribution in [3.8, 4) is 11.5 Å². The zero-order valence-electron chi connectivity index (χ0n) is 16.7. The number of amides is 1. The van der Waals surface area contributed by atoms with E-state index in [0.717, 1.165) is 11.3 Å². The van der Waals surface area contributed by atoms with Gasteiger partial charge >= 0.3 is 5.97 Å². The van der Waals surface area contributed by atoms with Crippen molar-refractivity contribution >= 4 is 17.6 Å². The second-order valence-corrected chi connectivity index (χ2v) is 6.44. The number of esters is 1. The summed E-state index contributed by atoms with van der Waals surface area (Å²) in [5.74, 6) is 0.324. The van der Waals surface area contributed by atoms with Gasteiger partial charge in [0, 0.05) is 33.4 Å². The second kappa shape index (κ2) is 10.2. The molecule has 0 aliphatic carbocycles. The first-order valence-corrected chi connectivity index (χ1v) is 8.81. The predicted octanol–water partition coefficient (Wildman–Crippen LogP) is 2.34. The summed E-state index contributed by atoms with van der Waals surface area (Å²) in [6.45, 7) is -0.154. The van der Waals surface area contributed by atoms with E-state index in [9.17, 15) is 9.59 Å².